The topological polar surface area (TPSA) is 106 Å². The molecule has 2 aromatic rings. The van der Waals surface area contributed by atoms with Crippen LogP contribution >= 0.6 is 12.4 Å². The van der Waals surface area contributed by atoms with E-state index in [-0.39, 0.29) is 42.3 Å². The molecule has 4 aliphatic rings. The first-order chi connectivity index (χ1) is 21.7. The summed E-state index contributed by atoms with van der Waals surface area (Å²) in [5.41, 5.74) is 1.91. The van der Waals surface area contributed by atoms with Crippen LogP contribution in [0.3, 0.4) is 0 Å². The van der Waals surface area contributed by atoms with Crippen molar-refractivity contribution in [2.45, 2.75) is 89.9 Å². The molecule has 1 atom stereocenters. The van der Waals surface area contributed by atoms with E-state index in [0.29, 0.717) is 41.1 Å². The number of rotatable bonds is 10. The monoisotopic (exact) mass is 654 g/mol. The lowest BCUT2D eigenvalue weighted by atomic mass is 9.89. The van der Waals surface area contributed by atoms with Gasteiger partial charge in [-0.05, 0) is 82.9 Å². The van der Waals surface area contributed by atoms with Crippen LogP contribution in [0, 0.1) is 5.92 Å². The normalized spacial score (nSPS) is 24.0. The first-order valence-corrected chi connectivity index (χ1v) is 16.9. The Morgan fingerprint density at radius 3 is 2.41 bits per heavy atom. The molecular formula is C34H51ClN8O3. The highest BCUT2D eigenvalue weighted by Crippen LogP contribution is 2.37. The number of methoxy groups -OCH3 is 1. The van der Waals surface area contributed by atoms with Crippen LogP contribution in [0.15, 0.2) is 24.4 Å². The Balaban J connectivity index is 0.00000417. The molecule has 2 amide bonds. The average molecular weight is 655 g/mol. The number of amides is 2. The molecule has 2 aliphatic heterocycles. The van der Waals surface area contributed by atoms with Crippen molar-refractivity contribution in [1.29, 1.82) is 0 Å². The summed E-state index contributed by atoms with van der Waals surface area (Å²) < 4.78 is 5.68. The summed E-state index contributed by atoms with van der Waals surface area (Å²) in [4.78, 5) is 44.6. The summed E-state index contributed by atoms with van der Waals surface area (Å²) in [5, 5.41) is 6.55. The van der Waals surface area contributed by atoms with Crippen LogP contribution in [0.4, 0.5) is 23.1 Å². The zero-order valence-electron chi connectivity index (χ0n) is 28.0. The van der Waals surface area contributed by atoms with Crippen LogP contribution in [0.1, 0.15) is 76.1 Å². The van der Waals surface area contributed by atoms with E-state index >= 15 is 0 Å². The minimum atomic E-state index is -0.278. The van der Waals surface area contributed by atoms with Gasteiger partial charge in [0.25, 0.3) is 5.91 Å². The van der Waals surface area contributed by atoms with Crippen molar-refractivity contribution in [2.75, 3.05) is 62.0 Å². The summed E-state index contributed by atoms with van der Waals surface area (Å²) in [6.45, 7) is 12.2. The minimum Gasteiger partial charge on any atom is -0.495 e. The molecule has 0 radical (unpaired) electrons. The molecule has 252 valence electrons. The van der Waals surface area contributed by atoms with Gasteiger partial charge in [-0.2, -0.15) is 4.98 Å². The summed E-state index contributed by atoms with van der Waals surface area (Å²) in [7, 11) is 3.36. The molecule has 1 aromatic carbocycles. The van der Waals surface area contributed by atoms with Crippen molar-refractivity contribution in [3.05, 3.63) is 30.0 Å². The first kappa shape index (κ1) is 34.2. The van der Waals surface area contributed by atoms with Gasteiger partial charge in [0.1, 0.15) is 17.5 Å². The maximum Gasteiger partial charge on any atom is 0.251 e. The third-order valence-corrected chi connectivity index (χ3v) is 10.1. The highest BCUT2D eigenvalue weighted by Gasteiger charge is 2.38. The van der Waals surface area contributed by atoms with Crippen molar-refractivity contribution in [1.82, 2.24) is 25.1 Å². The van der Waals surface area contributed by atoms with Crippen molar-refractivity contribution < 1.29 is 14.3 Å². The number of nitrogens with zero attached hydrogens (tertiary/aromatic N) is 6. The zero-order chi connectivity index (χ0) is 31.7. The Kier molecular flexibility index (Phi) is 11.0. The molecule has 2 N–H and O–H groups in total. The maximum absolute atomic E-state index is 13.3. The lowest BCUT2D eigenvalue weighted by molar-refractivity contribution is -0.120. The molecule has 0 bridgehead atoms. The number of ether oxygens (including phenoxy) is 1. The van der Waals surface area contributed by atoms with Crippen molar-refractivity contribution in [3.8, 4) is 5.75 Å². The number of fused-ring (bicyclic) bond motifs is 1. The van der Waals surface area contributed by atoms with Gasteiger partial charge in [-0.1, -0.05) is 6.92 Å². The molecule has 1 aromatic heterocycles. The molecule has 6 rings (SSSR count). The predicted octanol–water partition coefficient (Wildman–Crippen LogP) is 4.69. The molecule has 0 spiro atoms. The highest BCUT2D eigenvalue weighted by atomic mass is 35.5. The van der Waals surface area contributed by atoms with E-state index in [9.17, 15) is 9.59 Å². The van der Waals surface area contributed by atoms with Gasteiger partial charge in [-0.3, -0.25) is 14.5 Å². The molecule has 3 heterocycles. The minimum absolute atomic E-state index is 0. The summed E-state index contributed by atoms with van der Waals surface area (Å²) in [6, 6.07) is 6.05. The molecule has 1 saturated heterocycles. The second-order valence-electron chi connectivity index (χ2n) is 13.5. The number of likely N-dealkylation sites (N-methyl/N-ethyl adjacent to an activating group) is 1. The van der Waals surface area contributed by atoms with Crippen molar-refractivity contribution >= 4 is 47.4 Å². The standard InChI is InChI=1S/C34H50N8O3.ClH/c1-6-28-33(44)39(4)29-20-35-34(38-31(29)42(28)22(2)3)37-27-14-9-24(19-30(27)45-5)32(43)36-25-10-12-26(13-11-25)41-17-15-40(16-18-41)21-23-7-8-23;/h9,14,19-20,22-23,25-26,28H,6-8,10-13,15-18,21H2,1-5H3,(H,36,43)(H,35,37,38);1H/t25?,26?,28-;/m1./s1. The number of benzene rings is 1. The number of carbonyl (C=O) groups excluding carboxylic acids is 2. The van der Waals surface area contributed by atoms with Gasteiger partial charge in [0.2, 0.25) is 11.9 Å². The van der Waals surface area contributed by atoms with Gasteiger partial charge in [0.15, 0.2) is 5.82 Å². The Labute approximate surface area is 279 Å². The average Bonchev–Trinajstić information content (AvgIpc) is 3.87. The second-order valence-corrected chi connectivity index (χ2v) is 13.5. The SMILES string of the molecule is CC[C@@H]1C(=O)N(C)c2cnc(Nc3ccc(C(=O)NC4CCC(N5CCN(CC6CC6)CC5)CC4)cc3OC)nc2N1C(C)C.Cl. The number of nitrogens with one attached hydrogen (secondary N) is 2. The van der Waals surface area contributed by atoms with Gasteiger partial charge in [0, 0.05) is 63.5 Å². The third-order valence-electron chi connectivity index (χ3n) is 10.1. The Morgan fingerprint density at radius 2 is 1.78 bits per heavy atom. The molecule has 11 nitrogen and oxygen atoms in total. The van der Waals surface area contributed by atoms with Crippen molar-refractivity contribution in [3.63, 3.8) is 0 Å². The number of piperazine rings is 1. The summed E-state index contributed by atoms with van der Waals surface area (Å²) in [6.07, 6.45) is 9.51. The smallest absolute Gasteiger partial charge is 0.251 e. The van der Waals surface area contributed by atoms with E-state index in [0.717, 1.165) is 37.4 Å². The van der Waals surface area contributed by atoms with Crippen LogP contribution < -0.4 is 25.2 Å². The van der Waals surface area contributed by atoms with E-state index in [1.54, 1.807) is 31.3 Å². The van der Waals surface area contributed by atoms with Gasteiger partial charge in [0.05, 0.1) is 19.0 Å². The van der Waals surface area contributed by atoms with Gasteiger partial charge in [-0.15, -0.1) is 12.4 Å². The van der Waals surface area contributed by atoms with Crippen molar-refractivity contribution in [2.24, 2.45) is 5.92 Å². The Bertz CT molecular complexity index is 1370. The zero-order valence-corrected chi connectivity index (χ0v) is 28.8. The van der Waals surface area contributed by atoms with Crippen LogP contribution in [0.25, 0.3) is 0 Å². The van der Waals surface area contributed by atoms with Gasteiger partial charge < -0.3 is 30.1 Å². The van der Waals surface area contributed by atoms with E-state index in [1.165, 1.54) is 45.6 Å². The number of carbonyl (C=O) groups is 2. The lowest BCUT2D eigenvalue weighted by Crippen LogP contribution is -2.54. The molecule has 46 heavy (non-hydrogen) atoms. The fourth-order valence-electron chi connectivity index (χ4n) is 7.32. The Hall–Kier alpha value is -3.15. The highest BCUT2D eigenvalue weighted by molar-refractivity contribution is 6.04. The van der Waals surface area contributed by atoms with Gasteiger partial charge in [-0.25, -0.2) is 4.98 Å². The molecule has 3 fully saturated rings. The maximum atomic E-state index is 13.3. The van der Waals surface area contributed by atoms with E-state index < -0.39 is 0 Å². The third kappa shape index (κ3) is 7.37. The number of hydrogen-bond acceptors (Lipinski definition) is 9. The van der Waals surface area contributed by atoms with Gasteiger partial charge >= 0.3 is 0 Å². The van der Waals surface area contributed by atoms with Crippen LogP contribution in [-0.2, 0) is 4.79 Å². The Morgan fingerprint density at radius 1 is 1.07 bits per heavy atom. The number of anilines is 4. The first-order valence-electron chi connectivity index (χ1n) is 16.9. The van der Waals surface area contributed by atoms with Crippen LogP contribution in [-0.4, -0.2) is 103 Å². The number of halogens is 1. The summed E-state index contributed by atoms with van der Waals surface area (Å²) >= 11 is 0. The molecular weight excluding hydrogens is 604 g/mol. The number of aromatic nitrogens is 2. The lowest BCUT2D eigenvalue weighted by Gasteiger charge is -2.42. The predicted molar refractivity (Wildman–Crippen MR) is 185 cm³/mol. The van der Waals surface area contributed by atoms with E-state index in [1.807, 2.05) is 19.1 Å². The molecule has 12 heteroatoms. The number of hydrogen-bond donors (Lipinski definition) is 2. The fourth-order valence-corrected chi connectivity index (χ4v) is 7.32. The quantitative estimate of drug-likeness (QED) is 0.378. The molecule has 2 aliphatic carbocycles. The van der Waals surface area contributed by atoms with Crippen LogP contribution in [0.5, 0.6) is 5.75 Å². The molecule has 0 unspecified atom stereocenters. The van der Waals surface area contributed by atoms with E-state index in [4.69, 9.17) is 9.72 Å². The largest absolute Gasteiger partial charge is 0.495 e. The second kappa shape index (κ2) is 14.7. The van der Waals surface area contributed by atoms with Crippen LogP contribution in [0.2, 0.25) is 0 Å². The van der Waals surface area contributed by atoms with E-state index in [2.05, 4.69) is 44.2 Å². The summed E-state index contributed by atoms with van der Waals surface area (Å²) in [5.74, 6) is 2.59. The fraction of sp³-hybridized carbons (Fsp3) is 0.647. The molecule has 2 saturated carbocycles.